The number of aryl methyl sites for hydroxylation is 1. The summed E-state index contributed by atoms with van der Waals surface area (Å²) in [5, 5.41) is 10.9. The first-order valence-electron chi connectivity index (χ1n) is 9.78. The van der Waals surface area contributed by atoms with E-state index < -0.39 is 21.7 Å². The maximum atomic E-state index is 12.7. The summed E-state index contributed by atoms with van der Waals surface area (Å²) in [4.78, 5) is 16.0. The average molecular weight is 464 g/mol. The van der Waals surface area contributed by atoms with Gasteiger partial charge in [0.25, 0.3) is 0 Å². The highest BCUT2D eigenvalue weighted by molar-refractivity contribution is 7.89. The molecule has 0 spiro atoms. The third-order valence-electron chi connectivity index (χ3n) is 5.01. The van der Waals surface area contributed by atoms with Gasteiger partial charge in [-0.3, -0.25) is 0 Å². The molecule has 2 aromatic carbocycles. The summed E-state index contributed by atoms with van der Waals surface area (Å²) in [6.07, 6.45) is -1.10. The van der Waals surface area contributed by atoms with Crippen molar-refractivity contribution in [3.8, 4) is 11.1 Å². The molecule has 0 unspecified atom stereocenters. The van der Waals surface area contributed by atoms with E-state index in [1.165, 1.54) is 17.0 Å². The van der Waals surface area contributed by atoms with E-state index in [1.54, 1.807) is 32.9 Å². The number of carbonyl (C=O) groups is 1. The molecular formula is C22H26ClN3O4S. The third kappa shape index (κ3) is 5.03. The van der Waals surface area contributed by atoms with Crippen LogP contribution in [0, 0.1) is 6.92 Å². The number of aromatic amines is 1. The van der Waals surface area contributed by atoms with Crippen molar-refractivity contribution in [2.45, 2.75) is 38.1 Å². The maximum Gasteiger partial charge on any atom is 0.407 e. The van der Waals surface area contributed by atoms with E-state index in [0.29, 0.717) is 5.02 Å². The van der Waals surface area contributed by atoms with Crippen LogP contribution in [0.25, 0.3) is 22.0 Å². The minimum absolute atomic E-state index is 0.0264. The SMILES string of the molecule is Cc1cc2c(-c3ccc(S(=O)(=O)NCCN(C(=O)O)C(C)(C)C)cc3)c(Cl)ccc2[nH]1. The van der Waals surface area contributed by atoms with Crippen molar-refractivity contribution < 1.29 is 18.3 Å². The van der Waals surface area contributed by atoms with Crippen LogP contribution in [-0.4, -0.2) is 48.1 Å². The lowest BCUT2D eigenvalue weighted by Crippen LogP contribution is -2.48. The van der Waals surface area contributed by atoms with Crippen molar-refractivity contribution in [2.24, 2.45) is 0 Å². The van der Waals surface area contributed by atoms with E-state index >= 15 is 0 Å². The molecule has 0 radical (unpaired) electrons. The first-order chi connectivity index (χ1) is 14.4. The summed E-state index contributed by atoms with van der Waals surface area (Å²) in [5.74, 6) is 0. The van der Waals surface area contributed by atoms with Gasteiger partial charge in [0.15, 0.2) is 0 Å². The van der Waals surface area contributed by atoms with Crippen LogP contribution >= 0.6 is 11.6 Å². The number of carboxylic acid groups (broad SMARTS) is 1. The molecule has 9 heteroatoms. The van der Waals surface area contributed by atoms with Crippen molar-refractivity contribution in [3.05, 3.63) is 53.2 Å². The van der Waals surface area contributed by atoms with Crippen LogP contribution in [0.1, 0.15) is 26.5 Å². The van der Waals surface area contributed by atoms with Crippen LogP contribution in [0.4, 0.5) is 4.79 Å². The van der Waals surface area contributed by atoms with E-state index in [4.69, 9.17) is 11.6 Å². The minimum Gasteiger partial charge on any atom is -0.465 e. The van der Waals surface area contributed by atoms with Crippen LogP contribution in [0.3, 0.4) is 0 Å². The lowest BCUT2D eigenvalue weighted by molar-refractivity contribution is 0.102. The number of halogens is 1. The van der Waals surface area contributed by atoms with Gasteiger partial charge in [-0.15, -0.1) is 0 Å². The average Bonchev–Trinajstić information content (AvgIpc) is 3.04. The minimum atomic E-state index is -3.78. The van der Waals surface area contributed by atoms with Crippen LogP contribution in [-0.2, 0) is 10.0 Å². The molecule has 166 valence electrons. The fourth-order valence-electron chi connectivity index (χ4n) is 3.50. The number of aromatic nitrogens is 1. The molecule has 3 N–H and O–H groups in total. The van der Waals surface area contributed by atoms with E-state index in [2.05, 4.69) is 9.71 Å². The fourth-order valence-corrected chi connectivity index (χ4v) is 4.80. The number of nitrogens with zero attached hydrogens (tertiary/aromatic N) is 1. The zero-order chi connectivity index (χ0) is 23.0. The molecule has 7 nitrogen and oxygen atoms in total. The van der Waals surface area contributed by atoms with Gasteiger partial charge in [0.1, 0.15) is 0 Å². The zero-order valence-electron chi connectivity index (χ0n) is 17.9. The molecule has 1 amide bonds. The molecule has 1 heterocycles. The number of amides is 1. The second kappa shape index (κ2) is 8.53. The molecule has 0 saturated heterocycles. The normalized spacial score (nSPS) is 12.3. The monoisotopic (exact) mass is 463 g/mol. The van der Waals surface area contributed by atoms with Gasteiger partial charge in [0.2, 0.25) is 10.0 Å². The van der Waals surface area contributed by atoms with Crippen LogP contribution in [0.15, 0.2) is 47.4 Å². The fraction of sp³-hybridized carbons (Fsp3) is 0.318. The third-order valence-corrected chi connectivity index (χ3v) is 6.80. The molecule has 0 atom stereocenters. The second-order valence-electron chi connectivity index (χ2n) is 8.36. The Labute approximate surface area is 187 Å². The van der Waals surface area contributed by atoms with Gasteiger partial charge < -0.3 is 15.0 Å². The van der Waals surface area contributed by atoms with Crippen molar-refractivity contribution >= 4 is 38.6 Å². The summed E-state index contributed by atoms with van der Waals surface area (Å²) in [6, 6.07) is 12.2. The summed E-state index contributed by atoms with van der Waals surface area (Å²) < 4.78 is 27.8. The van der Waals surface area contributed by atoms with Crippen molar-refractivity contribution in [1.29, 1.82) is 0 Å². The lowest BCUT2D eigenvalue weighted by Gasteiger charge is -2.33. The Hall–Kier alpha value is -2.55. The molecule has 1 aromatic heterocycles. The quantitative estimate of drug-likeness (QED) is 0.486. The highest BCUT2D eigenvalue weighted by atomic mass is 35.5. The molecule has 3 aromatic rings. The zero-order valence-corrected chi connectivity index (χ0v) is 19.4. The summed E-state index contributed by atoms with van der Waals surface area (Å²) in [5.41, 5.74) is 2.97. The van der Waals surface area contributed by atoms with Crippen molar-refractivity contribution in [3.63, 3.8) is 0 Å². The largest absolute Gasteiger partial charge is 0.465 e. The van der Waals surface area contributed by atoms with Gasteiger partial charge in [-0.05, 0) is 63.6 Å². The van der Waals surface area contributed by atoms with E-state index in [9.17, 15) is 18.3 Å². The standard InChI is InChI=1S/C22H26ClN3O4S/c1-14-13-17-19(25-14)10-9-18(23)20(17)15-5-7-16(8-6-15)31(29,30)24-11-12-26(21(27)28)22(2,3)4/h5-10,13,24-25H,11-12H2,1-4H3,(H,27,28). The molecule has 31 heavy (non-hydrogen) atoms. The molecule has 0 saturated carbocycles. The molecule has 0 bridgehead atoms. The number of nitrogens with one attached hydrogen (secondary N) is 2. The van der Waals surface area contributed by atoms with Gasteiger partial charge in [-0.2, -0.15) is 0 Å². The molecule has 3 rings (SSSR count). The predicted octanol–water partition coefficient (Wildman–Crippen LogP) is 4.85. The van der Waals surface area contributed by atoms with Crippen LogP contribution < -0.4 is 4.72 Å². The molecule has 0 aliphatic heterocycles. The first kappa shape index (κ1) is 23.1. The molecule has 0 aliphatic carbocycles. The number of sulfonamides is 1. The smallest absolute Gasteiger partial charge is 0.407 e. The van der Waals surface area contributed by atoms with Gasteiger partial charge >= 0.3 is 6.09 Å². The first-order valence-corrected chi connectivity index (χ1v) is 11.6. The highest BCUT2D eigenvalue weighted by Gasteiger charge is 2.26. The Kier molecular flexibility index (Phi) is 6.36. The lowest BCUT2D eigenvalue weighted by atomic mass is 10.0. The number of H-pyrrole nitrogens is 1. The molecular weight excluding hydrogens is 438 g/mol. The van der Waals surface area contributed by atoms with Gasteiger partial charge in [0, 0.05) is 45.8 Å². The summed E-state index contributed by atoms with van der Waals surface area (Å²) in [7, 11) is -3.78. The Bertz CT molecular complexity index is 1210. The Morgan fingerprint density at radius 1 is 1.16 bits per heavy atom. The number of fused-ring (bicyclic) bond motifs is 1. The number of benzene rings is 2. The second-order valence-corrected chi connectivity index (χ2v) is 10.5. The van der Waals surface area contributed by atoms with Crippen LogP contribution in [0.5, 0.6) is 0 Å². The van der Waals surface area contributed by atoms with Crippen LogP contribution in [0.2, 0.25) is 5.02 Å². The summed E-state index contributed by atoms with van der Waals surface area (Å²) >= 11 is 6.44. The maximum absolute atomic E-state index is 12.7. The van der Waals surface area contributed by atoms with E-state index in [-0.39, 0.29) is 18.0 Å². The van der Waals surface area contributed by atoms with Crippen molar-refractivity contribution in [2.75, 3.05) is 13.1 Å². The topological polar surface area (TPSA) is 102 Å². The van der Waals surface area contributed by atoms with E-state index in [0.717, 1.165) is 27.7 Å². The van der Waals surface area contributed by atoms with Gasteiger partial charge in [-0.25, -0.2) is 17.9 Å². The van der Waals surface area contributed by atoms with Crippen molar-refractivity contribution in [1.82, 2.24) is 14.6 Å². The Morgan fingerprint density at radius 3 is 2.39 bits per heavy atom. The predicted molar refractivity (Wildman–Crippen MR) is 123 cm³/mol. The molecule has 0 fully saturated rings. The van der Waals surface area contributed by atoms with Gasteiger partial charge in [0.05, 0.1) is 4.90 Å². The van der Waals surface area contributed by atoms with E-state index in [1.807, 2.05) is 25.1 Å². The number of rotatable bonds is 6. The highest BCUT2D eigenvalue weighted by Crippen LogP contribution is 2.36. The number of hydrogen-bond acceptors (Lipinski definition) is 3. The summed E-state index contributed by atoms with van der Waals surface area (Å²) in [6.45, 7) is 7.25. The number of hydrogen-bond donors (Lipinski definition) is 3. The molecule has 0 aliphatic rings. The Morgan fingerprint density at radius 2 is 1.81 bits per heavy atom. The van der Waals surface area contributed by atoms with Gasteiger partial charge in [-0.1, -0.05) is 23.7 Å². The Balaban J connectivity index is 1.80.